The Morgan fingerprint density at radius 3 is 2.84 bits per heavy atom. The second-order valence-electron chi connectivity index (χ2n) is 10.1. The summed E-state index contributed by atoms with van der Waals surface area (Å²) in [4.78, 5) is 39.1. The van der Waals surface area contributed by atoms with Crippen LogP contribution in [0.1, 0.15) is 35.8 Å². The van der Waals surface area contributed by atoms with Crippen LogP contribution in [0, 0.1) is 12.8 Å². The quantitative estimate of drug-likeness (QED) is 0.356. The van der Waals surface area contributed by atoms with Gasteiger partial charge in [-0.1, -0.05) is 0 Å². The van der Waals surface area contributed by atoms with Crippen molar-refractivity contribution in [2.24, 2.45) is 5.92 Å². The topological polar surface area (TPSA) is 159 Å². The number of rotatable bonds is 7. The van der Waals surface area contributed by atoms with Gasteiger partial charge in [0.1, 0.15) is 29.4 Å². The summed E-state index contributed by atoms with van der Waals surface area (Å²) in [7, 11) is 0. The third-order valence-corrected chi connectivity index (χ3v) is 7.18. The van der Waals surface area contributed by atoms with Crippen LogP contribution in [0.15, 0.2) is 18.5 Å². The van der Waals surface area contributed by atoms with E-state index in [9.17, 15) is 19.8 Å². The lowest BCUT2D eigenvalue weighted by Crippen LogP contribution is -2.43. The molecule has 0 bridgehead atoms. The number of carbonyl (C=O) groups is 2. The highest BCUT2D eigenvalue weighted by atomic mass is 16.7. The summed E-state index contributed by atoms with van der Waals surface area (Å²) in [5, 5.41) is 22.9. The molecule has 4 N–H and O–H groups in total. The van der Waals surface area contributed by atoms with E-state index in [0.29, 0.717) is 63.3 Å². The number of aromatic amines is 1. The molecule has 3 atom stereocenters. The van der Waals surface area contributed by atoms with Gasteiger partial charge in [-0.05, 0) is 44.7 Å². The summed E-state index contributed by atoms with van der Waals surface area (Å²) in [6, 6.07) is 2.95. The lowest BCUT2D eigenvalue weighted by Gasteiger charge is -2.18. The van der Waals surface area contributed by atoms with Gasteiger partial charge in [-0.15, -0.1) is 0 Å². The largest absolute Gasteiger partial charge is 0.492 e. The molecule has 4 heterocycles. The number of benzene rings is 1. The van der Waals surface area contributed by atoms with Crippen molar-refractivity contribution in [2.75, 3.05) is 26.5 Å². The summed E-state index contributed by atoms with van der Waals surface area (Å²) in [6.07, 6.45) is 1.52. The summed E-state index contributed by atoms with van der Waals surface area (Å²) < 4.78 is 17.5. The summed E-state index contributed by atoms with van der Waals surface area (Å²) in [5.74, 6) is 1.31. The number of aliphatic hydroxyl groups excluding tert-OH is 2. The Bertz CT molecular complexity index is 1420. The van der Waals surface area contributed by atoms with Crippen LogP contribution >= 0.6 is 0 Å². The highest BCUT2D eigenvalue weighted by Crippen LogP contribution is 2.48. The van der Waals surface area contributed by atoms with E-state index in [1.165, 1.54) is 18.2 Å². The Kier molecular flexibility index (Phi) is 6.07. The van der Waals surface area contributed by atoms with Gasteiger partial charge in [0, 0.05) is 18.8 Å². The maximum Gasteiger partial charge on any atom is 0.255 e. The van der Waals surface area contributed by atoms with Crippen molar-refractivity contribution in [1.29, 1.82) is 0 Å². The standard InChI is InChI=1S/C26H29N5O7/c1-12-19(25(34)30-15-7-31(8-16(15)33)26(35)13(2)32)21-23(29-12)22(28-10-27-21)20-17(36-9-14-3-4-14)5-6-18-24(20)38-11-37-18/h5-6,10,13-16,29,32-33H,3-4,7-9,11H2,1-2H3,(H,30,34)/t13-,15+,16-/m0/s1. The first-order valence-corrected chi connectivity index (χ1v) is 12.7. The molecule has 1 saturated carbocycles. The van der Waals surface area contributed by atoms with E-state index in [-0.39, 0.29) is 19.9 Å². The SMILES string of the molecule is Cc1[nH]c2c(-c3c(OCC4CC4)ccc4c3OCO4)ncnc2c1C(=O)N[C@@H]1CN(C(=O)[C@H](C)O)C[C@@H]1O. The number of hydrogen-bond acceptors (Lipinski definition) is 9. The van der Waals surface area contributed by atoms with Crippen LogP contribution in [0.3, 0.4) is 0 Å². The molecular formula is C26H29N5O7. The molecule has 1 aromatic carbocycles. The van der Waals surface area contributed by atoms with E-state index in [1.54, 1.807) is 6.92 Å². The fourth-order valence-electron chi connectivity index (χ4n) is 4.99. The van der Waals surface area contributed by atoms with Gasteiger partial charge < -0.3 is 39.6 Å². The Labute approximate surface area is 217 Å². The van der Waals surface area contributed by atoms with E-state index in [2.05, 4.69) is 20.3 Å². The maximum atomic E-state index is 13.4. The van der Waals surface area contributed by atoms with Gasteiger partial charge in [-0.3, -0.25) is 9.59 Å². The first kappa shape index (κ1) is 24.4. The van der Waals surface area contributed by atoms with Crippen molar-refractivity contribution in [3.63, 3.8) is 0 Å². The number of carbonyl (C=O) groups excluding carboxylic acids is 2. The molecular weight excluding hydrogens is 494 g/mol. The third-order valence-electron chi connectivity index (χ3n) is 7.18. The molecule has 6 rings (SSSR count). The molecule has 1 saturated heterocycles. The van der Waals surface area contributed by atoms with Crippen molar-refractivity contribution in [3.8, 4) is 28.5 Å². The van der Waals surface area contributed by atoms with Crippen LogP contribution < -0.4 is 19.5 Å². The molecule has 0 unspecified atom stereocenters. The molecule has 2 amide bonds. The molecule has 0 spiro atoms. The number of nitrogens with zero attached hydrogens (tertiary/aromatic N) is 3. The lowest BCUT2D eigenvalue weighted by molar-refractivity contribution is -0.138. The van der Waals surface area contributed by atoms with Gasteiger partial charge in [0.25, 0.3) is 11.8 Å². The van der Waals surface area contributed by atoms with Crippen molar-refractivity contribution >= 4 is 22.8 Å². The van der Waals surface area contributed by atoms with Crippen LogP contribution in [0.5, 0.6) is 17.2 Å². The number of β-amino-alcohol motifs (C(OH)–C–C–N with tert-alkyl or cyclic N) is 1. The number of likely N-dealkylation sites (tertiary alicyclic amines) is 1. The molecule has 3 aliphatic rings. The van der Waals surface area contributed by atoms with E-state index >= 15 is 0 Å². The summed E-state index contributed by atoms with van der Waals surface area (Å²) in [5.41, 5.74) is 2.95. The monoisotopic (exact) mass is 523 g/mol. The first-order valence-electron chi connectivity index (χ1n) is 12.7. The Morgan fingerprint density at radius 2 is 2.08 bits per heavy atom. The summed E-state index contributed by atoms with van der Waals surface area (Å²) >= 11 is 0. The minimum absolute atomic E-state index is 0.0265. The van der Waals surface area contributed by atoms with Crippen LogP contribution in [0.4, 0.5) is 0 Å². The molecule has 200 valence electrons. The lowest BCUT2D eigenvalue weighted by atomic mass is 10.1. The normalized spacial score (nSPS) is 21.1. The van der Waals surface area contributed by atoms with E-state index in [1.807, 2.05) is 12.1 Å². The predicted octanol–water partition coefficient (Wildman–Crippen LogP) is 1.13. The number of ether oxygens (including phenoxy) is 3. The van der Waals surface area contributed by atoms with Gasteiger partial charge >= 0.3 is 0 Å². The Hall–Kier alpha value is -3.90. The van der Waals surface area contributed by atoms with Gasteiger partial charge in [-0.25, -0.2) is 9.97 Å². The summed E-state index contributed by atoms with van der Waals surface area (Å²) in [6.45, 7) is 3.92. The fraction of sp³-hybridized carbons (Fsp3) is 0.462. The van der Waals surface area contributed by atoms with Gasteiger partial charge in [0.15, 0.2) is 11.5 Å². The van der Waals surface area contributed by atoms with Crippen molar-refractivity contribution in [3.05, 3.63) is 29.7 Å². The average molecular weight is 524 g/mol. The minimum Gasteiger partial charge on any atom is -0.492 e. The molecule has 38 heavy (non-hydrogen) atoms. The fourth-order valence-corrected chi connectivity index (χ4v) is 4.99. The van der Waals surface area contributed by atoms with E-state index in [0.717, 1.165) is 12.8 Å². The molecule has 12 nitrogen and oxygen atoms in total. The predicted molar refractivity (Wildman–Crippen MR) is 134 cm³/mol. The third kappa shape index (κ3) is 4.29. The Balaban J connectivity index is 1.34. The Morgan fingerprint density at radius 1 is 1.26 bits per heavy atom. The molecule has 1 aliphatic carbocycles. The number of hydrogen-bond donors (Lipinski definition) is 4. The molecule has 0 radical (unpaired) electrons. The number of nitrogens with one attached hydrogen (secondary N) is 2. The zero-order valence-corrected chi connectivity index (χ0v) is 21.1. The maximum absolute atomic E-state index is 13.4. The van der Waals surface area contributed by atoms with Gasteiger partial charge in [0.2, 0.25) is 6.79 Å². The van der Waals surface area contributed by atoms with Gasteiger partial charge in [-0.2, -0.15) is 0 Å². The number of fused-ring (bicyclic) bond motifs is 2. The van der Waals surface area contributed by atoms with E-state index in [4.69, 9.17) is 14.2 Å². The first-order chi connectivity index (χ1) is 18.3. The van der Waals surface area contributed by atoms with Crippen molar-refractivity contribution in [2.45, 2.75) is 44.9 Å². The smallest absolute Gasteiger partial charge is 0.255 e. The van der Waals surface area contributed by atoms with Crippen LogP contribution in [-0.2, 0) is 4.79 Å². The average Bonchev–Trinajstić information content (AvgIpc) is 3.30. The second-order valence-corrected chi connectivity index (χ2v) is 10.1. The number of amides is 2. The molecule has 2 fully saturated rings. The van der Waals surface area contributed by atoms with E-state index < -0.39 is 30.1 Å². The minimum atomic E-state index is -1.19. The molecule has 3 aromatic rings. The molecule has 2 aliphatic heterocycles. The molecule has 2 aromatic heterocycles. The van der Waals surface area contributed by atoms with Gasteiger partial charge in [0.05, 0.1) is 35.4 Å². The number of aryl methyl sites for hydroxylation is 1. The zero-order chi connectivity index (χ0) is 26.6. The number of aliphatic hydroxyl groups is 2. The number of aromatic nitrogens is 3. The van der Waals surface area contributed by atoms with Crippen molar-refractivity contribution < 1.29 is 34.0 Å². The number of H-pyrrole nitrogens is 1. The highest BCUT2D eigenvalue weighted by molar-refractivity contribution is 6.09. The molecule has 12 heteroatoms. The van der Waals surface area contributed by atoms with Crippen LogP contribution in [0.25, 0.3) is 22.3 Å². The zero-order valence-electron chi connectivity index (χ0n) is 21.1. The van der Waals surface area contributed by atoms with Crippen LogP contribution in [0.2, 0.25) is 0 Å². The van der Waals surface area contributed by atoms with Crippen LogP contribution in [-0.4, -0.2) is 86.6 Å². The van der Waals surface area contributed by atoms with Crippen molar-refractivity contribution in [1.82, 2.24) is 25.2 Å². The second kappa shape index (κ2) is 9.44. The highest BCUT2D eigenvalue weighted by Gasteiger charge is 2.37.